The van der Waals surface area contributed by atoms with Crippen molar-refractivity contribution in [2.45, 2.75) is 27.2 Å². The smallest absolute Gasteiger partial charge is 0.165 e. The zero-order valence-electron chi connectivity index (χ0n) is 11.1. The Morgan fingerprint density at radius 3 is 2.53 bits per heavy atom. The second kappa shape index (κ2) is 6.01. The van der Waals surface area contributed by atoms with Crippen LogP contribution >= 0.6 is 0 Å². The number of methoxy groups -OCH3 is 1. The van der Waals surface area contributed by atoms with Gasteiger partial charge < -0.3 is 10.1 Å². The number of nitrogens with one attached hydrogen (secondary N) is 1. The summed E-state index contributed by atoms with van der Waals surface area (Å²) in [6.07, 6.45) is 0.830. The maximum Gasteiger partial charge on any atom is 0.165 e. The molecule has 0 saturated carbocycles. The van der Waals surface area contributed by atoms with Crippen LogP contribution in [0.4, 0.5) is 4.39 Å². The first-order valence-corrected chi connectivity index (χ1v) is 5.95. The van der Waals surface area contributed by atoms with Crippen molar-refractivity contribution >= 4 is 0 Å². The van der Waals surface area contributed by atoms with Crippen molar-refractivity contribution in [2.24, 2.45) is 5.41 Å². The van der Waals surface area contributed by atoms with Gasteiger partial charge in [-0.2, -0.15) is 0 Å². The summed E-state index contributed by atoms with van der Waals surface area (Å²) >= 11 is 0. The van der Waals surface area contributed by atoms with Crippen molar-refractivity contribution in [3.63, 3.8) is 0 Å². The van der Waals surface area contributed by atoms with Gasteiger partial charge in [-0.3, -0.25) is 0 Å². The first-order chi connectivity index (χ1) is 7.92. The van der Waals surface area contributed by atoms with Gasteiger partial charge >= 0.3 is 0 Å². The number of ether oxygens (including phenoxy) is 1. The minimum atomic E-state index is -0.291. The zero-order valence-corrected chi connectivity index (χ0v) is 11.1. The molecule has 0 aliphatic rings. The molecule has 96 valence electrons. The highest BCUT2D eigenvalue weighted by Gasteiger charge is 2.08. The Morgan fingerprint density at radius 1 is 1.29 bits per heavy atom. The summed E-state index contributed by atoms with van der Waals surface area (Å²) in [7, 11) is 1.48. The monoisotopic (exact) mass is 239 g/mol. The molecule has 2 nitrogen and oxygen atoms in total. The van der Waals surface area contributed by atoms with Gasteiger partial charge in [-0.25, -0.2) is 4.39 Å². The maximum absolute atomic E-state index is 13.4. The fourth-order valence-corrected chi connectivity index (χ4v) is 1.56. The second-order valence-corrected chi connectivity index (χ2v) is 5.46. The number of halogens is 1. The number of benzene rings is 1. The Hall–Kier alpha value is -1.09. The predicted molar refractivity (Wildman–Crippen MR) is 69.0 cm³/mol. The highest BCUT2D eigenvalue weighted by atomic mass is 19.1. The Kier molecular flexibility index (Phi) is 4.94. The summed E-state index contributed by atoms with van der Waals surface area (Å²) in [4.78, 5) is 0. The minimum Gasteiger partial charge on any atom is -0.494 e. The molecule has 17 heavy (non-hydrogen) atoms. The molecule has 0 fully saturated rings. The lowest BCUT2D eigenvalue weighted by Gasteiger charge is -2.18. The van der Waals surface area contributed by atoms with Crippen LogP contribution in [0.1, 0.15) is 26.3 Å². The molecule has 0 aromatic heterocycles. The minimum absolute atomic E-state index is 0.283. The quantitative estimate of drug-likeness (QED) is 0.797. The van der Waals surface area contributed by atoms with Crippen molar-refractivity contribution in [1.82, 2.24) is 5.32 Å². The van der Waals surface area contributed by atoms with Gasteiger partial charge in [0.15, 0.2) is 11.6 Å². The van der Waals surface area contributed by atoms with Crippen LogP contribution in [0.3, 0.4) is 0 Å². The summed E-state index contributed by atoms with van der Waals surface area (Å²) < 4.78 is 18.3. The lowest BCUT2D eigenvalue weighted by atomic mass is 9.97. The van der Waals surface area contributed by atoms with E-state index in [1.54, 1.807) is 6.07 Å². The van der Waals surface area contributed by atoms with Crippen molar-refractivity contribution in [3.05, 3.63) is 29.6 Å². The van der Waals surface area contributed by atoms with E-state index in [2.05, 4.69) is 26.1 Å². The van der Waals surface area contributed by atoms with E-state index in [-0.39, 0.29) is 11.2 Å². The molecule has 1 aromatic carbocycles. The normalized spacial score (nSPS) is 11.6. The Morgan fingerprint density at radius 2 is 2.00 bits per heavy atom. The maximum atomic E-state index is 13.4. The fraction of sp³-hybridized carbons (Fsp3) is 0.571. The molecule has 1 aromatic rings. The lowest BCUT2D eigenvalue weighted by Crippen LogP contribution is -2.28. The summed E-state index contributed by atoms with van der Waals surface area (Å²) in [6, 6.07) is 5.12. The average Bonchev–Trinajstić information content (AvgIpc) is 2.23. The zero-order chi connectivity index (χ0) is 12.9. The number of hydrogen-bond donors (Lipinski definition) is 1. The Balaban J connectivity index is 2.40. The third kappa shape index (κ3) is 5.18. The molecule has 0 atom stereocenters. The molecule has 1 N–H and O–H groups in total. The van der Waals surface area contributed by atoms with Gasteiger partial charge in [-0.15, -0.1) is 0 Å². The van der Waals surface area contributed by atoms with E-state index in [1.807, 2.05) is 6.07 Å². The molecule has 0 amide bonds. The van der Waals surface area contributed by atoms with E-state index < -0.39 is 0 Å². The van der Waals surface area contributed by atoms with Gasteiger partial charge in [-0.1, -0.05) is 26.8 Å². The van der Waals surface area contributed by atoms with E-state index in [0.717, 1.165) is 25.1 Å². The van der Waals surface area contributed by atoms with Crippen LogP contribution < -0.4 is 10.1 Å². The van der Waals surface area contributed by atoms with Crippen molar-refractivity contribution in [3.8, 4) is 5.75 Å². The predicted octanol–water partition coefficient (Wildman–Crippen LogP) is 3.01. The van der Waals surface area contributed by atoms with Crippen molar-refractivity contribution in [1.29, 1.82) is 0 Å². The van der Waals surface area contributed by atoms with E-state index in [0.29, 0.717) is 5.75 Å². The van der Waals surface area contributed by atoms with Gasteiger partial charge in [-0.05, 0) is 36.1 Å². The molecule has 1 rings (SSSR count). The van der Waals surface area contributed by atoms with Crippen LogP contribution in [0, 0.1) is 11.2 Å². The van der Waals surface area contributed by atoms with Gasteiger partial charge in [0, 0.05) is 6.54 Å². The number of rotatable bonds is 5. The Bertz CT molecular complexity index is 358. The van der Waals surface area contributed by atoms with E-state index in [1.165, 1.54) is 13.2 Å². The number of hydrogen-bond acceptors (Lipinski definition) is 2. The summed E-state index contributed by atoms with van der Waals surface area (Å²) in [6.45, 7) is 8.39. The largest absolute Gasteiger partial charge is 0.494 e. The average molecular weight is 239 g/mol. The lowest BCUT2D eigenvalue weighted by molar-refractivity contribution is 0.380. The molecule has 0 spiro atoms. The van der Waals surface area contributed by atoms with Crippen LogP contribution in [0.5, 0.6) is 5.75 Å². The third-order valence-electron chi connectivity index (χ3n) is 2.46. The summed E-state index contributed by atoms with van der Waals surface area (Å²) in [5.74, 6) is 0.0113. The van der Waals surface area contributed by atoms with Crippen LogP contribution in [-0.4, -0.2) is 20.2 Å². The molecule has 0 heterocycles. The summed E-state index contributed by atoms with van der Waals surface area (Å²) in [5, 5.41) is 3.37. The molecule has 0 unspecified atom stereocenters. The van der Waals surface area contributed by atoms with Crippen molar-refractivity contribution in [2.75, 3.05) is 20.2 Å². The molecular weight excluding hydrogens is 217 g/mol. The second-order valence-electron chi connectivity index (χ2n) is 5.46. The molecule has 0 aliphatic heterocycles. The molecule has 0 radical (unpaired) electrons. The van der Waals surface area contributed by atoms with Crippen LogP contribution in [0.15, 0.2) is 18.2 Å². The third-order valence-corrected chi connectivity index (χ3v) is 2.46. The van der Waals surface area contributed by atoms with E-state index in [4.69, 9.17) is 4.74 Å². The Labute approximate surface area is 103 Å². The van der Waals surface area contributed by atoms with Crippen LogP contribution in [0.2, 0.25) is 0 Å². The molecule has 3 heteroatoms. The molecular formula is C14H22FNO. The van der Waals surface area contributed by atoms with Gasteiger partial charge in [0.1, 0.15) is 0 Å². The molecule has 0 aliphatic carbocycles. The highest BCUT2D eigenvalue weighted by Crippen LogP contribution is 2.17. The van der Waals surface area contributed by atoms with Gasteiger partial charge in [0.25, 0.3) is 0 Å². The van der Waals surface area contributed by atoms with E-state index >= 15 is 0 Å². The topological polar surface area (TPSA) is 21.3 Å². The highest BCUT2D eigenvalue weighted by molar-refractivity contribution is 5.29. The fourth-order valence-electron chi connectivity index (χ4n) is 1.56. The van der Waals surface area contributed by atoms with Crippen LogP contribution in [0.25, 0.3) is 0 Å². The SMILES string of the molecule is COc1ccc(CCNCC(C)(C)C)cc1F. The molecule has 0 saturated heterocycles. The molecule has 0 bridgehead atoms. The standard InChI is InChI=1S/C14H22FNO/c1-14(2,3)10-16-8-7-11-5-6-13(17-4)12(15)9-11/h5-6,9,16H,7-8,10H2,1-4H3. The van der Waals surface area contributed by atoms with Crippen LogP contribution in [-0.2, 0) is 6.42 Å². The summed E-state index contributed by atoms with van der Waals surface area (Å²) in [5.41, 5.74) is 1.27. The van der Waals surface area contributed by atoms with Crippen molar-refractivity contribution < 1.29 is 9.13 Å². The first kappa shape index (κ1) is 14.0. The first-order valence-electron chi connectivity index (χ1n) is 5.95. The van der Waals surface area contributed by atoms with E-state index in [9.17, 15) is 4.39 Å². The van der Waals surface area contributed by atoms with Gasteiger partial charge in [0.05, 0.1) is 7.11 Å². The van der Waals surface area contributed by atoms with Gasteiger partial charge in [0.2, 0.25) is 0 Å².